The topological polar surface area (TPSA) is 116 Å². The van der Waals surface area contributed by atoms with E-state index in [-0.39, 0.29) is 17.8 Å². The molecule has 8 nitrogen and oxygen atoms in total. The average molecular weight is 408 g/mol. The molecule has 3 atom stereocenters. The number of aryl methyl sites for hydroxylation is 1. The summed E-state index contributed by atoms with van der Waals surface area (Å²) in [5, 5.41) is 9.78. The molecule has 27 heavy (non-hydrogen) atoms. The number of thiazole rings is 1. The minimum absolute atomic E-state index is 0.170. The maximum atomic E-state index is 12.3. The molecule has 0 aliphatic carbocycles. The molecule has 3 N–H and O–H groups in total. The molecule has 1 saturated heterocycles. The van der Waals surface area contributed by atoms with Gasteiger partial charge in [0.1, 0.15) is 16.4 Å². The van der Waals surface area contributed by atoms with Crippen molar-refractivity contribution in [3.63, 3.8) is 0 Å². The summed E-state index contributed by atoms with van der Waals surface area (Å²) in [6, 6.07) is 1.64. The third-order valence-corrected chi connectivity index (χ3v) is 6.85. The number of nitrogens with one attached hydrogen (secondary N) is 1. The summed E-state index contributed by atoms with van der Waals surface area (Å²) in [5.41, 5.74) is 6.19. The Bertz CT molecular complexity index is 880. The maximum Gasteiger partial charge on any atom is 0.295 e. The van der Waals surface area contributed by atoms with Crippen LogP contribution in [0.5, 0.6) is 0 Å². The van der Waals surface area contributed by atoms with Crippen molar-refractivity contribution in [3.8, 4) is 0 Å². The van der Waals surface area contributed by atoms with Crippen molar-refractivity contribution in [3.05, 3.63) is 27.9 Å². The van der Waals surface area contributed by atoms with Gasteiger partial charge in [0, 0.05) is 23.1 Å². The van der Waals surface area contributed by atoms with Gasteiger partial charge in [0.25, 0.3) is 5.91 Å². The van der Waals surface area contributed by atoms with Gasteiger partial charge in [-0.2, -0.15) is 0 Å². The van der Waals surface area contributed by atoms with Crippen molar-refractivity contribution in [2.45, 2.75) is 38.3 Å². The molecule has 144 valence electrons. The molecule has 2 aliphatic rings. The van der Waals surface area contributed by atoms with Crippen LogP contribution in [0.2, 0.25) is 0 Å². The van der Waals surface area contributed by atoms with Crippen LogP contribution in [0, 0.1) is 5.92 Å². The van der Waals surface area contributed by atoms with E-state index in [9.17, 15) is 4.79 Å². The number of nitrogens with zero attached hydrogens (tertiary/aromatic N) is 3. The van der Waals surface area contributed by atoms with E-state index >= 15 is 0 Å². The second kappa shape index (κ2) is 7.25. The zero-order valence-corrected chi connectivity index (χ0v) is 16.7. The van der Waals surface area contributed by atoms with Crippen LogP contribution in [-0.2, 0) is 16.7 Å². The molecule has 4 heterocycles. The van der Waals surface area contributed by atoms with Crippen molar-refractivity contribution in [2.24, 2.45) is 16.6 Å². The summed E-state index contributed by atoms with van der Waals surface area (Å²) in [5.74, 6) is 1.46. The van der Waals surface area contributed by atoms with Gasteiger partial charge in [0.05, 0.1) is 18.4 Å². The Morgan fingerprint density at radius 2 is 2.37 bits per heavy atom. The Balaban J connectivity index is 1.57. The highest BCUT2D eigenvalue weighted by molar-refractivity contribution is 8.13. The van der Waals surface area contributed by atoms with Crippen LogP contribution in [0.25, 0.3) is 0 Å². The number of amidine groups is 1. The fraction of sp³-hybridized carbons (Fsp3) is 0.529. The molecule has 2 aromatic rings. The first-order valence-corrected chi connectivity index (χ1v) is 10.7. The largest absolute Gasteiger partial charge is 0.379 e. The number of fused-ring (bicyclic) bond motifs is 1. The van der Waals surface area contributed by atoms with Gasteiger partial charge in [0.15, 0.2) is 5.17 Å². The molecule has 0 aromatic carbocycles. The molecule has 0 radical (unpaired) electrons. The van der Waals surface area contributed by atoms with E-state index in [1.54, 1.807) is 17.8 Å². The number of aliphatic imine (C=N–C) groups is 1. The van der Waals surface area contributed by atoms with Crippen LogP contribution < -0.4 is 11.1 Å². The van der Waals surface area contributed by atoms with Crippen LogP contribution >= 0.6 is 23.1 Å². The summed E-state index contributed by atoms with van der Waals surface area (Å²) >= 11 is 3.04. The molecule has 4 rings (SSSR count). The number of anilines is 1. The molecule has 0 bridgehead atoms. The number of hydrogen-bond donors (Lipinski definition) is 2. The van der Waals surface area contributed by atoms with Crippen molar-refractivity contribution < 1.29 is 14.1 Å². The SMILES string of the molecule is CCc1cc(C(=O)Nc2csc([C@]34CO[C@@H](C)C[C@H]3CSC(N)=N4)n2)on1. The van der Waals surface area contributed by atoms with Gasteiger partial charge in [-0.3, -0.25) is 4.79 Å². The van der Waals surface area contributed by atoms with E-state index in [0.29, 0.717) is 29.9 Å². The molecule has 2 aliphatic heterocycles. The lowest BCUT2D eigenvalue weighted by molar-refractivity contribution is -0.0466. The Labute approximate surface area is 164 Å². The first-order chi connectivity index (χ1) is 13.0. The summed E-state index contributed by atoms with van der Waals surface area (Å²) < 4.78 is 11.0. The molecular weight excluding hydrogens is 386 g/mol. The van der Waals surface area contributed by atoms with E-state index in [1.807, 2.05) is 12.3 Å². The minimum Gasteiger partial charge on any atom is -0.379 e. The highest BCUT2D eigenvalue weighted by atomic mass is 32.2. The molecule has 10 heteroatoms. The number of carbonyl (C=O) groups excluding carboxylic acids is 1. The van der Waals surface area contributed by atoms with Gasteiger partial charge in [-0.15, -0.1) is 11.3 Å². The average Bonchev–Trinajstić information content (AvgIpc) is 3.31. The van der Waals surface area contributed by atoms with Gasteiger partial charge in [-0.25, -0.2) is 9.98 Å². The number of hydrogen-bond acceptors (Lipinski definition) is 9. The van der Waals surface area contributed by atoms with E-state index in [0.717, 1.165) is 22.9 Å². The Morgan fingerprint density at radius 1 is 1.52 bits per heavy atom. The second-order valence-electron chi connectivity index (χ2n) is 6.77. The predicted octanol–water partition coefficient (Wildman–Crippen LogP) is 2.63. The molecule has 0 unspecified atom stereocenters. The minimum atomic E-state index is -0.572. The van der Waals surface area contributed by atoms with Crippen molar-refractivity contribution in [1.29, 1.82) is 0 Å². The smallest absolute Gasteiger partial charge is 0.295 e. The van der Waals surface area contributed by atoms with Crippen LogP contribution in [0.1, 0.15) is 41.5 Å². The number of amides is 1. The molecule has 1 amide bonds. The van der Waals surface area contributed by atoms with Crippen LogP contribution in [0.15, 0.2) is 21.0 Å². The number of aromatic nitrogens is 2. The van der Waals surface area contributed by atoms with Crippen LogP contribution in [-0.4, -0.2) is 39.7 Å². The Kier molecular flexibility index (Phi) is 4.95. The highest BCUT2D eigenvalue weighted by Crippen LogP contribution is 2.47. The molecule has 0 spiro atoms. The molecular formula is C17H21N5O3S2. The zero-order valence-electron chi connectivity index (χ0n) is 15.1. The van der Waals surface area contributed by atoms with E-state index in [1.165, 1.54) is 11.3 Å². The zero-order chi connectivity index (χ0) is 19.0. The highest BCUT2D eigenvalue weighted by Gasteiger charge is 2.49. The van der Waals surface area contributed by atoms with Crippen molar-refractivity contribution >= 4 is 40.0 Å². The van der Waals surface area contributed by atoms with Gasteiger partial charge in [0.2, 0.25) is 5.76 Å². The molecule has 1 fully saturated rings. The lowest BCUT2D eigenvalue weighted by Crippen LogP contribution is -2.49. The Morgan fingerprint density at radius 3 is 3.15 bits per heavy atom. The van der Waals surface area contributed by atoms with Crippen LogP contribution in [0.3, 0.4) is 0 Å². The first kappa shape index (κ1) is 18.5. The van der Waals surface area contributed by atoms with Crippen molar-refractivity contribution in [1.82, 2.24) is 10.1 Å². The van der Waals surface area contributed by atoms with E-state index < -0.39 is 5.54 Å². The summed E-state index contributed by atoms with van der Waals surface area (Å²) in [7, 11) is 0. The number of thioether (sulfide) groups is 1. The maximum absolute atomic E-state index is 12.3. The summed E-state index contributed by atoms with van der Waals surface area (Å²) in [4.78, 5) is 21.7. The lowest BCUT2D eigenvalue weighted by Gasteiger charge is -2.44. The predicted molar refractivity (Wildman–Crippen MR) is 105 cm³/mol. The quantitative estimate of drug-likeness (QED) is 0.800. The normalized spacial score (nSPS) is 27.7. The lowest BCUT2D eigenvalue weighted by atomic mass is 9.80. The number of rotatable bonds is 4. The Hall–Kier alpha value is -1.91. The molecule has 2 aromatic heterocycles. The van der Waals surface area contributed by atoms with Crippen LogP contribution in [0.4, 0.5) is 5.82 Å². The third-order valence-electron chi connectivity index (χ3n) is 4.88. The van der Waals surface area contributed by atoms with Gasteiger partial charge < -0.3 is 20.3 Å². The van der Waals surface area contributed by atoms with Gasteiger partial charge >= 0.3 is 0 Å². The summed E-state index contributed by atoms with van der Waals surface area (Å²) in [6.07, 6.45) is 1.80. The van der Waals surface area contributed by atoms with E-state index in [4.69, 9.17) is 20.0 Å². The number of nitrogens with two attached hydrogens (primary N) is 1. The fourth-order valence-corrected chi connectivity index (χ4v) is 5.35. The first-order valence-electron chi connectivity index (χ1n) is 8.83. The standard InChI is InChI=1S/C17H21N5O3S2/c1-3-11-5-12(25-22-11)14(23)19-13-7-26-15(20-13)17-8-24-9(2)4-10(17)6-27-16(18)21-17/h5,7,9-10H,3-4,6,8H2,1-2H3,(H2,18,21)(H,19,23)/t9-,10-,17-/m0/s1. The third kappa shape index (κ3) is 3.48. The number of carbonyl (C=O) groups is 1. The molecule has 0 saturated carbocycles. The van der Waals surface area contributed by atoms with Crippen molar-refractivity contribution in [2.75, 3.05) is 17.7 Å². The second-order valence-corrected chi connectivity index (χ2v) is 8.67. The van der Waals surface area contributed by atoms with Gasteiger partial charge in [-0.05, 0) is 19.8 Å². The monoisotopic (exact) mass is 407 g/mol. The number of ether oxygens (including phenoxy) is 1. The summed E-state index contributed by atoms with van der Waals surface area (Å²) in [6.45, 7) is 4.47. The van der Waals surface area contributed by atoms with E-state index in [2.05, 4.69) is 22.4 Å². The fourth-order valence-electron chi connectivity index (χ4n) is 3.37. The van der Waals surface area contributed by atoms with Gasteiger partial charge in [-0.1, -0.05) is 23.8 Å².